The first-order valence-corrected chi connectivity index (χ1v) is 13.7. The minimum Gasteiger partial charge on any atom is -0.507 e. The Bertz CT molecular complexity index is 581. The molecule has 1 aromatic rings. The third-order valence-corrected chi connectivity index (χ3v) is 6.91. The van der Waals surface area contributed by atoms with Gasteiger partial charge in [-0.1, -0.05) is 137 Å². The molecule has 1 nitrogen and oxygen atoms in total. The van der Waals surface area contributed by atoms with Crippen LogP contribution in [0.25, 0.3) is 0 Å². The van der Waals surface area contributed by atoms with E-state index in [9.17, 15) is 5.11 Å². The highest BCUT2D eigenvalue weighted by molar-refractivity contribution is 5.47. The maximum Gasteiger partial charge on any atom is 0.122 e. The van der Waals surface area contributed by atoms with Gasteiger partial charge in [0.15, 0.2) is 0 Å². The van der Waals surface area contributed by atoms with Crippen molar-refractivity contribution in [3.05, 3.63) is 28.8 Å². The Hall–Kier alpha value is -0.980. The summed E-state index contributed by atoms with van der Waals surface area (Å²) in [5.41, 5.74) is 3.83. The molecular formula is C30H54O. The van der Waals surface area contributed by atoms with E-state index in [0.29, 0.717) is 11.7 Å². The molecule has 0 saturated heterocycles. The molecule has 31 heavy (non-hydrogen) atoms. The monoisotopic (exact) mass is 430 g/mol. The summed E-state index contributed by atoms with van der Waals surface area (Å²) in [6.45, 7) is 13.7. The summed E-state index contributed by atoms with van der Waals surface area (Å²) < 4.78 is 0. The number of hydrogen-bond donors (Lipinski definition) is 1. The predicted molar refractivity (Wildman–Crippen MR) is 140 cm³/mol. The number of rotatable bonds is 17. The second-order valence-electron chi connectivity index (χ2n) is 11.0. The van der Waals surface area contributed by atoms with Crippen LogP contribution in [-0.2, 0) is 11.8 Å². The first-order valence-electron chi connectivity index (χ1n) is 13.7. The van der Waals surface area contributed by atoms with E-state index in [1.807, 2.05) is 0 Å². The zero-order valence-electron chi connectivity index (χ0n) is 22.0. The van der Waals surface area contributed by atoms with E-state index in [2.05, 4.69) is 53.7 Å². The van der Waals surface area contributed by atoms with Gasteiger partial charge in [-0.05, 0) is 47.3 Å². The topological polar surface area (TPSA) is 20.2 Å². The Morgan fingerprint density at radius 1 is 0.710 bits per heavy atom. The number of hydrogen-bond acceptors (Lipinski definition) is 1. The SMILES string of the molecule is CCCCCCCCCCCCCCC(C)c1cc(C(C)(C)C)cc(CCCC)c1O. The number of aromatic hydroxyl groups is 1. The summed E-state index contributed by atoms with van der Waals surface area (Å²) in [7, 11) is 0. The van der Waals surface area contributed by atoms with E-state index in [0.717, 1.165) is 18.4 Å². The molecule has 1 N–H and O–H groups in total. The maximum absolute atomic E-state index is 11.0. The summed E-state index contributed by atoms with van der Waals surface area (Å²) in [5, 5.41) is 11.0. The van der Waals surface area contributed by atoms with Crippen molar-refractivity contribution in [2.75, 3.05) is 0 Å². The molecule has 0 aromatic heterocycles. The molecule has 0 aliphatic heterocycles. The van der Waals surface area contributed by atoms with Crippen molar-refractivity contribution in [3.8, 4) is 5.75 Å². The Labute approximate surface area is 195 Å². The van der Waals surface area contributed by atoms with Gasteiger partial charge in [-0.3, -0.25) is 0 Å². The molecule has 0 heterocycles. The molecule has 0 aliphatic rings. The van der Waals surface area contributed by atoms with Gasteiger partial charge < -0.3 is 5.11 Å². The van der Waals surface area contributed by atoms with Crippen LogP contribution in [0.3, 0.4) is 0 Å². The predicted octanol–water partition coefficient (Wildman–Crippen LogP) is 10.2. The fraction of sp³-hybridized carbons (Fsp3) is 0.800. The zero-order valence-corrected chi connectivity index (χ0v) is 22.0. The van der Waals surface area contributed by atoms with E-state index >= 15 is 0 Å². The van der Waals surface area contributed by atoms with E-state index in [1.54, 1.807) is 0 Å². The Morgan fingerprint density at radius 3 is 1.68 bits per heavy atom. The van der Waals surface area contributed by atoms with Crippen LogP contribution in [0.2, 0.25) is 0 Å². The second kappa shape index (κ2) is 15.8. The van der Waals surface area contributed by atoms with Crippen LogP contribution in [0.5, 0.6) is 5.75 Å². The van der Waals surface area contributed by atoms with Gasteiger partial charge in [0.05, 0.1) is 0 Å². The smallest absolute Gasteiger partial charge is 0.122 e. The summed E-state index contributed by atoms with van der Waals surface area (Å²) >= 11 is 0. The molecule has 1 aromatic carbocycles. The molecule has 180 valence electrons. The van der Waals surface area contributed by atoms with Gasteiger partial charge in [0, 0.05) is 0 Å². The molecule has 0 fully saturated rings. The molecule has 0 bridgehead atoms. The lowest BCUT2D eigenvalue weighted by atomic mass is 9.81. The minimum atomic E-state index is 0.124. The van der Waals surface area contributed by atoms with Crippen molar-refractivity contribution in [2.45, 2.75) is 156 Å². The number of aryl methyl sites for hydroxylation is 1. The summed E-state index contributed by atoms with van der Waals surface area (Å²) in [6.07, 6.45) is 21.2. The largest absolute Gasteiger partial charge is 0.507 e. The average Bonchev–Trinajstić information content (AvgIpc) is 2.72. The molecule has 1 heteroatoms. The van der Waals surface area contributed by atoms with Crippen molar-refractivity contribution in [1.82, 2.24) is 0 Å². The molecular weight excluding hydrogens is 376 g/mol. The summed E-state index contributed by atoms with van der Waals surface area (Å²) in [6, 6.07) is 4.54. The van der Waals surface area contributed by atoms with Crippen molar-refractivity contribution < 1.29 is 5.11 Å². The number of unbranched alkanes of at least 4 members (excludes halogenated alkanes) is 12. The van der Waals surface area contributed by atoms with Gasteiger partial charge in [0.25, 0.3) is 0 Å². The minimum absolute atomic E-state index is 0.124. The van der Waals surface area contributed by atoms with Crippen molar-refractivity contribution in [3.63, 3.8) is 0 Å². The van der Waals surface area contributed by atoms with Crippen molar-refractivity contribution >= 4 is 0 Å². The quantitative estimate of drug-likeness (QED) is 0.244. The molecule has 1 atom stereocenters. The van der Waals surface area contributed by atoms with Crippen molar-refractivity contribution in [1.29, 1.82) is 0 Å². The molecule has 0 saturated carbocycles. The molecule has 0 amide bonds. The van der Waals surface area contributed by atoms with E-state index < -0.39 is 0 Å². The third kappa shape index (κ3) is 11.4. The van der Waals surface area contributed by atoms with Crippen LogP contribution >= 0.6 is 0 Å². The van der Waals surface area contributed by atoms with Crippen LogP contribution in [0.15, 0.2) is 12.1 Å². The normalized spacial score (nSPS) is 13.0. The Kier molecular flexibility index (Phi) is 14.3. The van der Waals surface area contributed by atoms with Crippen LogP contribution in [0.1, 0.15) is 160 Å². The molecule has 1 unspecified atom stereocenters. The molecule has 1 rings (SSSR count). The Morgan fingerprint density at radius 2 is 1.19 bits per heavy atom. The lowest BCUT2D eigenvalue weighted by molar-refractivity contribution is 0.447. The van der Waals surface area contributed by atoms with Crippen LogP contribution in [0, 0.1) is 0 Å². The number of phenols is 1. The molecule has 0 aliphatic carbocycles. The number of benzene rings is 1. The van der Waals surface area contributed by atoms with E-state index in [1.165, 1.54) is 101 Å². The van der Waals surface area contributed by atoms with Crippen molar-refractivity contribution in [2.24, 2.45) is 0 Å². The highest BCUT2D eigenvalue weighted by Crippen LogP contribution is 2.37. The van der Waals surface area contributed by atoms with Gasteiger partial charge in [0.1, 0.15) is 5.75 Å². The maximum atomic E-state index is 11.0. The van der Waals surface area contributed by atoms with Crippen LogP contribution in [0.4, 0.5) is 0 Å². The fourth-order valence-corrected chi connectivity index (χ4v) is 4.53. The summed E-state index contributed by atoms with van der Waals surface area (Å²) in [5.74, 6) is 1.01. The second-order valence-corrected chi connectivity index (χ2v) is 11.0. The van der Waals surface area contributed by atoms with Gasteiger partial charge >= 0.3 is 0 Å². The zero-order chi connectivity index (χ0) is 23.1. The lowest BCUT2D eigenvalue weighted by Crippen LogP contribution is -2.13. The first-order chi connectivity index (χ1) is 14.8. The van der Waals surface area contributed by atoms with Gasteiger partial charge in [0.2, 0.25) is 0 Å². The van der Waals surface area contributed by atoms with Gasteiger partial charge in [-0.15, -0.1) is 0 Å². The highest BCUT2D eigenvalue weighted by atomic mass is 16.3. The van der Waals surface area contributed by atoms with E-state index in [4.69, 9.17) is 0 Å². The number of phenolic OH excluding ortho intramolecular Hbond substituents is 1. The van der Waals surface area contributed by atoms with Gasteiger partial charge in [-0.2, -0.15) is 0 Å². The Balaban J connectivity index is 2.40. The first kappa shape index (κ1) is 28.1. The third-order valence-electron chi connectivity index (χ3n) is 6.91. The van der Waals surface area contributed by atoms with E-state index in [-0.39, 0.29) is 5.41 Å². The lowest BCUT2D eigenvalue weighted by Gasteiger charge is -2.24. The molecule has 0 radical (unpaired) electrons. The van der Waals surface area contributed by atoms with Crippen LogP contribution < -0.4 is 0 Å². The highest BCUT2D eigenvalue weighted by Gasteiger charge is 2.21. The van der Waals surface area contributed by atoms with Gasteiger partial charge in [-0.25, -0.2) is 0 Å². The summed E-state index contributed by atoms with van der Waals surface area (Å²) in [4.78, 5) is 0. The van der Waals surface area contributed by atoms with Crippen LogP contribution in [-0.4, -0.2) is 5.11 Å². The standard InChI is InChI=1S/C30H54O/c1-7-9-11-12-13-14-15-16-17-18-19-20-21-25(3)28-24-27(30(4,5)6)23-26(29(28)31)22-10-8-2/h23-25,31H,7-22H2,1-6H3. The average molecular weight is 431 g/mol. The molecule has 0 spiro atoms. The fourth-order valence-electron chi connectivity index (χ4n) is 4.53.